The fourth-order valence-electron chi connectivity index (χ4n) is 3.01. The van der Waals surface area contributed by atoms with Crippen molar-refractivity contribution >= 4 is 29.6 Å². The lowest BCUT2D eigenvalue weighted by atomic mass is 9.77. The van der Waals surface area contributed by atoms with Crippen LogP contribution in [0.15, 0.2) is 11.5 Å². The smallest absolute Gasteiger partial charge is 0.322 e. The van der Waals surface area contributed by atoms with Crippen LogP contribution in [-0.4, -0.2) is 48.9 Å². The first-order valence-electron chi connectivity index (χ1n) is 7.84. The quantitative estimate of drug-likeness (QED) is 0.601. The first-order valence-corrected chi connectivity index (χ1v) is 8.83. The van der Waals surface area contributed by atoms with Gasteiger partial charge in [0.15, 0.2) is 5.16 Å². The van der Waals surface area contributed by atoms with Crippen LogP contribution in [-0.2, 0) is 16.6 Å². The Morgan fingerprint density at radius 3 is 2.79 bits per heavy atom. The first-order chi connectivity index (χ1) is 11.4. The number of amides is 4. The number of urea groups is 1. The molecule has 2 fully saturated rings. The SMILES string of the molecule is CC1CCC2(CC1)NC(=O)N(NC(=O)CSc1nncn1C)C2=O. The maximum atomic E-state index is 12.6. The summed E-state index contributed by atoms with van der Waals surface area (Å²) in [5.74, 6) is -0.218. The van der Waals surface area contributed by atoms with E-state index in [-0.39, 0.29) is 11.7 Å². The fourth-order valence-corrected chi connectivity index (χ4v) is 3.69. The summed E-state index contributed by atoms with van der Waals surface area (Å²) in [5, 5.41) is 11.7. The molecule has 3 rings (SSSR count). The van der Waals surface area contributed by atoms with Crippen molar-refractivity contribution < 1.29 is 14.4 Å². The number of nitrogens with zero attached hydrogens (tertiary/aromatic N) is 4. The first kappa shape index (κ1) is 16.7. The van der Waals surface area contributed by atoms with Crippen molar-refractivity contribution in [2.45, 2.75) is 43.3 Å². The summed E-state index contributed by atoms with van der Waals surface area (Å²) in [6, 6.07) is -0.563. The lowest BCUT2D eigenvalue weighted by Gasteiger charge is -2.33. The minimum atomic E-state index is -0.854. The highest BCUT2D eigenvalue weighted by molar-refractivity contribution is 7.99. The number of rotatable bonds is 4. The maximum absolute atomic E-state index is 12.6. The van der Waals surface area contributed by atoms with Crippen LogP contribution in [0.2, 0.25) is 0 Å². The Morgan fingerprint density at radius 2 is 2.17 bits per heavy atom. The van der Waals surface area contributed by atoms with Crippen molar-refractivity contribution in [3.05, 3.63) is 6.33 Å². The van der Waals surface area contributed by atoms with Gasteiger partial charge < -0.3 is 9.88 Å². The van der Waals surface area contributed by atoms with E-state index >= 15 is 0 Å². The number of aryl methyl sites for hydroxylation is 1. The molecule has 1 saturated carbocycles. The molecule has 2 heterocycles. The molecule has 10 heteroatoms. The number of carbonyl (C=O) groups excluding carboxylic acids is 3. The molecule has 1 spiro atoms. The van der Waals surface area contributed by atoms with E-state index in [1.165, 1.54) is 18.1 Å². The van der Waals surface area contributed by atoms with Crippen LogP contribution in [0.1, 0.15) is 32.6 Å². The zero-order chi connectivity index (χ0) is 17.3. The van der Waals surface area contributed by atoms with Crippen LogP contribution in [0.25, 0.3) is 0 Å². The molecule has 1 aliphatic heterocycles. The molecule has 2 aliphatic rings. The van der Waals surface area contributed by atoms with E-state index in [1.807, 2.05) is 0 Å². The van der Waals surface area contributed by atoms with Gasteiger partial charge in [0.25, 0.3) is 5.91 Å². The number of aromatic nitrogens is 3. The van der Waals surface area contributed by atoms with Crippen molar-refractivity contribution in [2.75, 3.05) is 5.75 Å². The highest BCUT2D eigenvalue weighted by Gasteiger charge is 2.52. The van der Waals surface area contributed by atoms with Crippen LogP contribution in [0.3, 0.4) is 0 Å². The molecule has 9 nitrogen and oxygen atoms in total. The van der Waals surface area contributed by atoms with Crippen LogP contribution in [0.5, 0.6) is 0 Å². The number of hydrazine groups is 1. The molecule has 1 aromatic rings. The molecule has 1 saturated heterocycles. The van der Waals surface area contributed by atoms with Crippen LogP contribution in [0.4, 0.5) is 4.79 Å². The predicted octanol–water partition coefficient (Wildman–Crippen LogP) is 0.439. The molecule has 0 unspecified atom stereocenters. The Kier molecular flexibility index (Phi) is 4.48. The zero-order valence-corrected chi connectivity index (χ0v) is 14.4. The van der Waals surface area contributed by atoms with Crippen molar-refractivity contribution in [3.8, 4) is 0 Å². The monoisotopic (exact) mass is 352 g/mol. The van der Waals surface area contributed by atoms with Gasteiger partial charge in [0, 0.05) is 7.05 Å². The third kappa shape index (κ3) is 3.10. The van der Waals surface area contributed by atoms with Gasteiger partial charge in [0.05, 0.1) is 5.75 Å². The highest BCUT2D eigenvalue weighted by Crippen LogP contribution is 2.35. The molecular weight excluding hydrogens is 332 g/mol. The van der Waals surface area contributed by atoms with E-state index in [2.05, 4.69) is 27.9 Å². The molecular formula is C14H20N6O3S. The summed E-state index contributed by atoms with van der Waals surface area (Å²) in [6.45, 7) is 2.14. The van der Waals surface area contributed by atoms with Crippen molar-refractivity contribution in [1.29, 1.82) is 0 Å². The number of thioether (sulfide) groups is 1. The van der Waals surface area contributed by atoms with Gasteiger partial charge in [-0.1, -0.05) is 18.7 Å². The molecule has 4 amide bonds. The maximum Gasteiger partial charge on any atom is 0.344 e. The lowest BCUT2D eigenvalue weighted by molar-refractivity contribution is -0.139. The average molecular weight is 352 g/mol. The normalized spacial score (nSPS) is 26.8. The van der Waals surface area contributed by atoms with Crippen LogP contribution >= 0.6 is 11.8 Å². The second-order valence-corrected chi connectivity index (χ2v) is 7.33. The molecule has 1 aliphatic carbocycles. The van der Waals surface area contributed by atoms with Crippen molar-refractivity contribution in [1.82, 2.24) is 30.5 Å². The Bertz CT molecular complexity index is 667. The second-order valence-electron chi connectivity index (χ2n) is 6.38. The molecule has 0 atom stereocenters. The number of nitrogens with one attached hydrogen (secondary N) is 2. The van der Waals surface area contributed by atoms with Gasteiger partial charge in [-0.25, -0.2) is 4.79 Å². The third-order valence-electron chi connectivity index (χ3n) is 4.53. The molecule has 1 aromatic heterocycles. The highest BCUT2D eigenvalue weighted by atomic mass is 32.2. The van der Waals surface area contributed by atoms with Gasteiger partial charge in [-0.05, 0) is 31.6 Å². The van der Waals surface area contributed by atoms with E-state index in [4.69, 9.17) is 0 Å². The number of carbonyl (C=O) groups is 3. The Balaban J connectivity index is 1.58. The van der Waals surface area contributed by atoms with Crippen molar-refractivity contribution in [3.63, 3.8) is 0 Å². The summed E-state index contributed by atoms with van der Waals surface area (Å²) in [4.78, 5) is 36.8. The molecule has 2 N–H and O–H groups in total. The average Bonchev–Trinajstić information content (AvgIpc) is 3.05. The minimum absolute atomic E-state index is 0.0353. The van der Waals surface area contributed by atoms with E-state index in [0.717, 1.165) is 17.9 Å². The standard InChI is InChI=1S/C14H20N6O3S/c1-9-3-5-14(6-4-9)11(22)20(12(23)16-14)18-10(21)7-24-13-17-15-8-19(13)2/h8-9H,3-7H2,1-2H3,(H,16,23)(H,18,21). The van der Waals surface area contributed by atoms with Crippen molar-refractivity contribution in [2.24, 2.45) is 13.0 Å². The van der Waals surface area contributed by atoms with Gasteiger partial charge in [0.2, 0.25) is 5.91 Å². The van der Waals surface area contributed by atoms with Crippen LogP contribution < -0.4 is 10.7 Å². The molecule has 130 valence electrons. The van der Waals surface area contributed by atoms with Gasteiger partial charge >= 0.3 is 6.03 Å². The van der Waals surface area contributed by atoms with Gasteiger partial charge in [-0.15, -0.1) is 10.2 Å². The zero-order valence-electron chi connectivity index (χ0n) is 13.6. The van der Waals surface area contributed by atoms with E-state index < -0.39 is 17.5 Å². The predicted molar refractivity (Wildman–Crippen MR) is 85.6 cm³/mol. The summed E-state index contributed by atoms with van der Waals surface area (Å²) >= 11 is 1.18. The largest absolute Gasteiger partial charge is 0.344 e. The Morgan fingerprint density at radius 1 is 1.46 bits per heavy atom. The number of imide groups is 1. The number of hydrogen-bond acceptors (Lipinski definition) is 6. The Labute approximate surface area is 143 Å². The molecule has 0 radical (unpaired) electrons. The van der Waals surface area contributed by atoms with E-state index in [1.54, 1.807) is 11.6 Å². The molecule has 24 heavy (non-hydrogen) atoms. The summed E-state index contributed by atoms with van der Waals surface area (Å²) in [5.41, 5.74) is 1.54. The van der Waals surface area contributed by atoms with Gasteiger partial charge in [0.1, 0.15) is 11.9 Å². The van der Waals surface area contributed by atoms with Gasteiger partial charge in [-0.2, -0.15) is 5.01 Å². The fraction of sp³-hybridized carbons (Fsp3) is 0.643. The third-order valence-corrected chi connectivity index (χ3v) is 5.56. The summed E-state index contributed by atoms with van der Waals surface area (Å²) in [7, 11) is 1.77. The summed E-state index contributed by atoms with van der Waals surface area (Å²) in [6.07, 6.45) is 4.52. The minimum Gasteiger partial charge on any atom is -0.322 e. The second kappa shape index (κ2) is 6.42. The lowest BCUT2D eigenvalue weighted by Crippen LogP contribution is -2.51. The van der Waals surface area contributed by atoms with Gasteiger partial charge in [-0.3, -0.25) is 15.0 Å². The van der Waals surface area contributed by atoms with E-state index in [0.29, 0.717) is 23.9 Å². The molecule has 0 bridgehead atoms. The molecule has 0 aromatic carbocycles. The Hall–Kier alpha value is -2.10. The number of hydrogen-bond donors (Lipinski definition) is 2. The summed E-state index contributed by atoms with van der Waals surface area (Å²) < 4.78 is 1.68. The topological polar surface area (TPSA) is 109 Å². The van der Waals surface area contributed by atoms with Crippen LogP contribution in [0, 0.1) is 5.92 Å². The van der Waals surface area contributed by atoms with E-state index in [9.17, 15) is 14.4 Å².